The number of aromatic nitrogens is 4. The molecule has 40 heavy (non-hydrogen) atoms. The molecule has 2 fully saturated rings. The van der Waals surface area contributed by atoms with Gasteiger partial charge in [-0.1, -0.05) is 5.16 Å². The summed E-state index contributed by atoms with van der Waals surface area (Å²) in [6, 6.07) is 6.48. The molecule has 2 aliphatic heterocycles. The van der Waals surface area contributed by atoms with Gasteiger partial charge in [-0.2, -0.15) is 4.98 Å². The van der Waals surface area contributed by atoms with Crippen molar-refractivity contribution in [3.05, 3.63) is 53.4 Å². The summed E-state index contributed by atoms with van der Waals surface area (Å²) in [7, 11) is 0. The number of hydrogen-bond donors (Lipinski definition) is 1. The lowest BCUT2D eigenvalue weighted by Gasteiger charge is -2.32. The SMILES string of the molecule is CC(C)OC(=O)N1CCC(O[C@H](C)c2noc(-c3ccc(N4CC(c5cc(F)ccc5F)[C@@H](N)C4)nn3)n2)CC1. The summed E-state index contributed by atoms with van der Waals surface area (Å²) >= 11 is 0. The monoisotopic (exact) mass is 557 g/mol. The van der Waals surface area contributed by atoms with Gasteiger partial charge in [0.2, 0.25) is 5.82 Å². The number of benzene rings is 1. The van der Waals surface area contributed by atoms with Crippen LogP contribution in [0.2, 0.25) is 0 Å². The van der Waals surface area contributed by atoms with Crippen molar-refractivity contribution in [2.24, 2.45) is 5.73 Å². The zero-order chi connectivity index (χ0) is 28.4. The summed E-state index contributed by atoms with van der Waals surface area (Å²) in [5.41, 5.74) is 6.92. The number of anilines is 1. The lowest BCUT2D eigenvalue weighted by molar-refractivity contribution is -0.0402. The fourth-order valence-corrected chi connectivity index (χ4v) is 5.06. The van der Waals surface area contributed by atoms with Crippen LogP contribution in [0.5, 0.6) is 0 Å². The average molecular weight is 558 g/mol. The zero-order valence-corrected chi connectivity index (χ0v) is 22.7. The zero-order valence-electron chi connectivity index (χ0n) is 22.7. The number of carbonyl (C=O) groups excluding carboxylic acids is 1. The number of piperidine rings is 1. The number of nitrogens with two attached hydrogens (primary N) is 1. The van der Waals surface area contributed by atoms with Crippen molar-refractivity contribution in [3.63, 3.8) is 0 Å². The third-order valence-corrected chi connectivity index (χ3v) is 7.15. The summed E-state index contributed by atoms with van der Waals surface area (Å²) in [5, 5.41) is 12.6. The predicted octanol–water partition coefficient (Wildman–Crippen LogP) is 3.82. The average Bonchev–Trinajstić information content (AvgIpc) is 3.58. The standard InChI is InChI=1S/C27H33F2N7O4/c1-15(2)38-27(37)35-10-8-18(9-11-35)39-16(3)25-31-26(40-34-25)23-6-7-24(33-32-23)36-13-20(22(30)14-36)19-12-17(28)4-5-21(19)29/h4-7,12,15-16,18,20,22H,8-11,13-14,30H2,1-3H3/t16-,20?,22+/m1/s1. The van der Waals surface area contributed by atoms with Crippen LogP contribution in [0, 0.1) is 11.6 Å². The summed E-state index contributed by atoms with van der Waals surface area (Å²) in [6.07, 6.45) is 0.442. The topological polar surface area (TPSA) is 133 Å². The molecule has 1 unspecified atom stereocenters. The van der Waals surface area contributed by atoms with E-state index in [4.69, 9.17) is 19.7 Å². The van der Waals surface area contributed by atoms with Gasteiger partial charge in [0.25, 0.3) is 5.89 Å². The molecule has 5 rings (SSSR count). The molecular weight excluding hydrogens is 524 g/mol. The Balaban J connectivity index is 1.16. The molecule has 0 radical (unpaired) electrons. The number of nitrogens with zero attached hydrogens (tertiary/aromatic N) is 6. The Kier molecular flexibility index (Phi) is 8.22. The van der Waals surface area contributed by atoms with Crippen LogP contribution in [-0.4, -0.2) is 75.8 Å². The second-order valence-electron chi connectivity index (χ2n) is 10.5. The molecule has 2 aliphatic rings. The van der Waals surface area contributed by atoms with E-state index in [1.807, 2.05) is 25.7 Å². The van der Waals surface area contributed by atoms with Crippen LogP contribution in [0.1, 0.15) is 57.0 Å². The van der Waals surface area contributed by atoms with Gasteiger partial charge in [-0.15, -0.1) is 10.2 Å². The van der Waals surface area contributed by atoms with Crippen LogP contribution < -0.4 is 10.6 Å². The van der Waals surface area contributed by atoms with Gasteiger partial charge >= 0.3 is 6.09 Å². The van der Waals surface area contributed by atoms with E-state index >= 15 is 0 Å². The number of halogens is 2. The number of amides is 1. The van der Waals surface area contributed by atoms with Gasteiger partial charge in [0, 0.05) is 38.1 Å². The lowest BCUT2D eigenvalue weighted by Crippen LogP contribution is -2.42. The van der Waals surface area contributed by atoms with Gasteiger partial charge < -0.3 is 29.5 Å². The molecule has 0 aliphatic carbocycles. The maximum absolute atomic E-state index is 14.3. The molecule has 0 saturated carbocycles. The lowest BCUT2D eigenvalue weighted by atomic mass is 9.94. The fraction of sp³-hybridized carbons (Fsp3) is 0.519. The molecule has 0 bridgehead atoms. The number of ether oxygens (including phenoxy) is 2. The molecule has 11 nitrogen and oxygen atoms in total. The number of rotatable bonds is 7. The van der Waals surface area contributed by atoms with E-state index in [1.165, 1.54) is 6.07 Å². The molecule has 1 aromatic carbocycles. The number of hydrogen-bond acceptors (Lipinski definition) is 10. The van der Waals surface area contributed by atoms with Crippen molar-refractivity contribution in [2.45, 2.75) is 63.9 Å². The van der Waals surface area contributed by atoms with Crippen molar-refractivity contribution in [3.8, 4) is 11.6 Å². The molecule has 1 amide bonds. The van der Waals surface area contributed by atoms with Crippen molar-refractivity contribution in [1.82, 2.24) is 25.2 Å². The van der Waals surface area contributed by atoms with E-state index in [1.54, 1.807) is 17.0 Å². The molecule has 3 atom stereocenters. The Labute approximate surface area is 230 Å². The van der Waals surface area contributed by atoms with E-state index in [2.05, 4.69) is 20.3 Å². The first-order chi connectivity index (χ1) is 19.2. The van der Waals surface area contributed by atoms with Crippen molar-refractivity contribution < 1.29 is 27.6 Å². The highest BCUT2D eigenvalue weighted by Gasteiger charge is 2.34. The summed E-state index contributed by atoms with van der Waals surface area (Å²) in [5.74, 6) is -0.218. The van der Waals surface area contributed by atoms with Gasteiger partial charge in [0.1, 0.15) is 17.7 Å². The number of carbonyl (C=O) groups is 1. The van der Waals surface area contributed by atoms with Gasteiger partial charge in [0.15, 0.2) is 11.5 Å². The molecule has 2 saturated heterocycles. The highest BCUT2D eigenvalue weighted by Crippen LogP contribution is 2.32. The normalized spacial score (nSPS) is 20.8. The largest absolute Gasteiger partial charge is 0.447 e. The Morgan fingerprint density at radius 3 is 2.58 bits per heavy atom. The van der Waals surface area contributed by atoms with Crippen LogP contribution in [0.25, 0.3) is 11.6 Å². The van der Waals surface area contributed by atoms with Crippen LogP contribution in [-0.2, 0) is 9.47 Å². The first kappa shape index (κ1) is 27.8. The van der Waals surface area contributed by atoms with Crippen LogP contribution in [0.3, 0.4) is 0 Å². The third-order valence-electron chi connectivity index (χ3n) is 7.15. The maximum atomic E-state index is 14.3. The van der Waals surface area contributed by atoms with E-state index < -0.39 is 17.7 Å². The second kappa shape index (κ2) is 11.8. The van der Waals surface area contributed by atoms with Crippen LogP contribution >= 0.6 is 0 Å². The Bertz CT molecular complexity index is 1310. The minimum Gasteiger partial charge on any atom is -0.447 e. The summed E-state index contributed by atoms with van der Waals surface area (Å²) in [6.45, 7) is 7.42. The minimum absolute atomic E-state index is 0.0457. The number of likely N-dealkylation sites (tertiary alicyclic amines) is 1. The molecule has 2 aromatic heterocycles. The van der Waals surface area contributed by atoms with Crippen molar-refractivity contribution >= 4 is 11.9 Å². The smallest absolute Gasteiger partial charge is 0.410 e. The van der Waals surface area contributed by atoms with Crippen LogP contribution in [0.15, 0.2) is 34.9 Å². The highest BCUT2D eigenvalue weighted by atomic mass is 19.1. The van der Waals surface area contributed by atoms with Crippen LogP contribution in [0.4, 0.5) is 19.4 Å². The first-order valence-corrected chi connectivity index (χ1v) is 13.4. The quantitative estimate of drug-likeness (QED) is 0.457. The van der Waals surface area contributed by atoms with Crippen molar-refractivity contribution in [2.75, 3.05) is 31.1 Å². The van der Waals surface area contributed by atoms with Gasteiger partial charge in [-0.3, -0.25) is 0 Å². The van der Waals surface area contributed by atoms with Gasteiger partial charge in [-0.25, -0.2) is 13.6 Å². The molecule has 0 spiro atoms. The van der Waals surface area contributed by atoms with E-state index in [0.29, 0.717) is 56.4 Å². The van der Waals surface area contributed by atoms with Crippen molar-refractivity contribution in [1.29, 1.82) is 0 Å². The second-order valence-corrected chi connectivity index (χ2v) is 10.5. The molecule has 3 aromatic rings. The maximum Gasteiger partial charge on any atom is 0.410 e. The summed E-state index contributed by atoms with van der Waals surface area (Å²) in [4.78, 5) is 20.1. The molecular formula is C27H33F2N7O4. The Morgan fingerprint density at radius 2 is 1.88 bits per heavy atom. The minimum atomic E-state index is -0.501. The highest BCUT2D eigenvalue weighted by molar-refractivity contribution is 5.67. The fourth-order valence-electron chi connectivity index (χ4n) is 5.06. The molecule has 214 valence electrons. The van der Waals surface area contributed by atoms with E-state index in [9.17, 15) is 13.6 Å². The van der Waals surface area contributed by atoms with Gasteiger partial charge in [-0.05, 0) is 69.5 Å². The Morgan fingerprint density at radius 1 is 1.10 bits per heavy atom. The first-order valence-electron chi connectivity index (χ1n) is 13.4. The van der Waals surface area contributed by atoms with E-state index in [0.717, 1.165) is 12.1 Å². The summed E-state index contributed by atoms with van der Waals surface area (Å²) < 4.78 is 44.8. The van der Waals surface area contributed by atoms with E-state index in [-0.39, 0.29) is 41.7 Å². The Hall–Kier alpha value is -3.71. The molecule has 2 N–H and O–H groups in total. The third kappa shape index (κ3) is 6.20. The molecule has 13 heteroatoms. The predicted molar refractivity (Wildman–Crippen MR) is 140 cm³/mol. The molecule has 4 heterocycles. The van der Waals surface area contributed by atoms with Gasteiger partial charge in [0.05, 0.1) is 12.2 Å².